The summed E-state index contributed by atoms with van der Waals surface area (Å²) in [4.78, 5) is 35.7. The highest BCUT2D eigenvalue weighted by atomic mass is 19.1. The average molecular weight is 464 g/mol. The molecule has 0 atom stereocenters. The lowest BCUT2D eigenvalue weighted by atomic mass is 10.1. The molecular weight excluding hydrogens is 439 g/mol. The number of carbonyl (C=O) groups excluding carboxylic acids is 3. The fourth-order valence-electron chi connectivity index (χ4n) is 3.18. The van der Waals surface area contributed by atoms with E-state index >= 15 is 0 Å². The zero-order valence-electron chi connectivity index (χ0n) is 19.1. The van der Waals surface area contributed by atoms with Gasteiger partial charge in [0, 0.05) is 17.3 Å². The first-order valence-corrected chi connectivity index (χ1v) is 10.5. The third-order valence-corrected chi connectivity index (χ3v) is 5.06. The quantitative estimate of drug-likeness (QED) is 0.318. The molecule has 1 aromatic heterocycles. The molecule has 0 aliphatic heterocycles. The van der Waals surface area contributed by atoms with Crippen LogP contribution in [0.2, 0.25) is 0 Å². The molecule has 3 aromatic rings. The monoisotopic (exact) mass is 464 g/mol. The van der Waals surface area contributed by atoms with Gasteiger partial charge < -0.3 is 4.74 Å². The second-order valence-electron chi connectivity index (χ2n) is 7.65. The van der Waals surface area contributed by atoms with Gasteiger partial charge in [0.15, 0.2) is 6.61 Å². The summed E-state index contributed by atoms with van der Waals surface area (Å²) in [6.07, 6.45) is 2.79. The molecule has 2 aromatic carbocycles. The second kappa shape index (κ2) is 11.0. The van der Waals surface area contributed by atoms with E-state index in [2.05, 4.69) is 16.0 Å². The van der Waals surface area contributed by atoms with Crippen molar-refractivity contribution in [2.24, 2.45) is 0 Å². The van der Waals surface area contributed by atoms with Crippen LogP contribution in [0.3, 0.4) is 0 Å². The maximum absolute atomic E-state index is 13.6. The summed E-state index contributed by atoms with van der Waals surface area (Å²) in [6.45, 7) is 5.76. The van der Waals surface area contributed by atoms with E-state index in [-0.39, 0.29) is 5.56 Å². The van der Waals surface area contributed by atoms with Crippen molar-refractivity contribution in [3.8, 4) is 0 Å². The third-order valence-electron chi connectivity index (χ3n) is 5.06. The van der Waals surface area contributed by atoms with Crippen molar-refractivity contribution in [1.82, 2.24) is 20.6 Å². The topological polar surface area (TPSA) is 102 Å². The Morgan fingerprint density at radius 1 is 1.03 bits per heavy atom. The molecule has 0 radical (unpaired) electrons. The molecule has 0 saturated carbocycles. The van der Waals surface area contributed by atoms with E-state index in [1.54, 1.807) is 6.08 Å². The van der Waals surface area contributed by atoms with Crippen molar-refractivity contribution in [3.05, 3.63) is 94.1 Å². The van der Waals surface area contributed by atoms with E-state index in [4.69, 9.17) is 4.74 Å². The highest BCUT2D eigenvalue weighted by Gasteiger charge is 2.13. The molecule has 2 N–H and O–H groups in total. The minimum absolute atomic E-state index is 0.226. The number of aryl methyl sites for hydroxylation is 2. The summed E-state index contributed by atoms with van der Waals surface area (Å²) in [5.74, 6) is -3.06. The fourth-order valence-corrected chi connectivity index (χ4v) is 3.18. The molecule has 0 aliphatic carbocycles. The van der Waals surface area contributed by atoms with Gasteiger partial charge in [-0.25, -0.2) is 9.18 Å². The first kappa shape index (κ1) is 24.4. The van der Waals surface area contributed by atoms with Gasteiger partial charge in [-0.1, -0.05) is 42.0 Å². The Morgan fingerprint density at radius 3 is 2.44 bits per heavy atom. The summed E-state index contributed by atoms with van der Waals surface area (Å²) < 4.78 is 20.3. The number of halogens is 1. The van der Waals surface area contributed by atoms with Crippen LogP contribution in [0.15, 0.2) is 54.6 Å². The summed E-state index contributed by atoms with van der Waals surface area (Å²) in [5, 5.41) is 4.53. The van der Waals surface area contributed by atoms with E-state index in [1.165, 1.54) is 29.8 Å². The maximum Gasteiger partial charge on any atom is 0.331 e. The van der Waals surface area contributed by atoms with Gasteiger partial charge in [-0.3, -0.25) is 25.1 Å². The van der Waals surface area contributed by atoms with E-state index in [9.17, 15) is 18.8 Å². The predicted octanol–water partition coefficient (Wildman–Crippen LogP) is 3.01. The Hall–Kier alpha value is -4.27. The summed E-state index contributed by atoms with van der Waals surface area (Å²) in [6, 6.07) is 13.5. The van der Waals surface area contributed by atoms with Crippen LogP contribution in [0.5, 0.6) is 0 Å². The summed E-state index contributed by atoms with van der Waals surface area (Å²) in [7, 11) is 0. The lowest BCUT2D eigenvalue weighted by Gasteiger charge is -2.08. The number of nitrogens with one attached hydrogen (secondary N) is 2. The standard InChI is InChI=1S/C25H25FN4O4/c1-16-8-10-19(11-9-16)14-30-18(3)20(17(2)29-30)12-13-24(32)34-15-23(31)27-28-25(33)21-6-4-5-7-22(21)26/h4-13H,14-15H2,1-3H3,(H,27,31)(H,28,33)/b13-12+. The Bertz CT molecular complexity index is 1230. The Morgan fingerprint density at radius 2 is 1.74 bits per heavy atom. The van der Waals surface area contributed by atoms with Crippen molar-refractivity contribution in [2.45, 2.75) is 27.3 Å². The maximum atomic E-state index is 13.6. The van der Waals surface area contributed by atoms with Crippen molar-refractivity contribution in [2.75, 3.05) is 6.61 Å². The normalized spacial score (nSPS) is 10.8. The molecule has 176 valence electrons. The number of hydrazine groups is 1. The van der Waals surface area contributed by atoms with E-state index in [0.717, 1.165) is 28.6 Å². The van der Waals surface area contributed by atoms with Crippen LogP contribution >= 0.6 is 0 Å². The van der Waals surface area contributed by atoms with Crippen molar-refractivity contribution in [3.63, 3.8) is 0 Å². The number of carbonyl (C=O) groups is 3. The van der Waals surface area contributed by atoms with Gasteiger partial charge in [-0.05, 0) is 44.5 Å². The number of hydrogen-bond acceptors (Lipinski definition) is 5. The molecule has 0 unspecified atom stereocenters. The lowest BCUT2D eigenvalue weighted by Crippen LogP contribution is -2.43. The largest absolute Gasteiger partial charge is 0.452 e. The zero-order chi connectivity index (χ0) is 24.7. The van der Waals surface area contributed by atoms with Crippen LogP contribution < -0.4 is 10.9 Å². The third kappa shape index (κ3) is 6.38. The highest BCUT2D eigenvalue weighted by Crippen LogP contribution is 2.17. The number of aromatic nitrogens is 2. The predicted molar refractivity (Wildman–Crippen MR) is 124 cm³/mol. The second-order valence-corrected chi connectivity index (χ2v) is 7.65. The minimum atomic E-state index is -0.828. The zero-order valence-corrected chi connectivity index (χ0v) is 19.1. The molecule has 0 bridgehead atoms. The molecular formula is C25H25FN4O4. The van der Waals surface area contributed by atoms with Crippen molar-refractivity contribution < 1.29 is 23.5 Å². The number of esters is 1. The molecule has 0 spiro atoms. The highest BCUT2D eigenvalue weighted by molar-refractivity contribution is 5.96. The minimum Gasteiger partial charge on any atom is -0.452 e. The van der Waals surface area contributed by atoms with Gasteiger partial charge in [0.05, 0.1) is 17.8 Å². The smallest absolute Gasteiger partial charge is 0.331 e. The number of amides is 2. The van der Waals surface area contributed by atoms with Crippen molar-refractivity contribution >= 4 is 23.9 Å². The molecule has 1 heterocycles. The SMILES string of the molecule is Cc1ccc(Cn2nc(C)c(/C=C/C(=O)OCC(=O)NNC(=O)c3ccccc3F)c2C)cc1. The van der Waals surface area contributed by atoms with E-state index in [0.29, 0.717) is 6.54 Å². The Kier molecular flexibility index (Phi) is 7.92. The van der Waals surface area contributed by atoms with Crippen LogP contribution in [-0.4, -0.2) is 34.2 Å². The van der Waals surface area contributed by atoms with Gasteiger partial charge in [0.25, 0.3) is 11.8 Å². The molecule has 9 heteroatoms. The van der Waals surface area contributed by atoms with Gasteiger partial charge in [0.2, 0.25) is 0 Å². The molecule has 0 aliphatic rings. The number of benzene rings is 2. The molecule has 0 fully saturated rings. The van der Waals surface area contributed by atoms with Gasteiger partial charge in [-0.15, -0.1) is 0 Å². The summed E-state index contributed by atoms with van der Waals surface area (Å²) >= 11 is 0. The van der Waals surface area contributed by atoms with Crippen molar-refractivity contribution in [1.29, 1.82) is 0 Å². The Labute approximate surface area is 196 Å². The number of nitrogens with zero attached hydrogens (tertiary/aromatic N) is 2. The molecule has 2 amide bonds. The van der Waals surface area contributed by atoms with Crippen LogP contribution in [0.25, 0.3) is 6.08 Å². The molecule has 3 rings (SSSR count). The molecule has 34 heavy (non-hydrogen) atoms. The number of ether oxygens (including phenoxy) is 1. The average Bonchev–Trinajstić information content (AvgIpc) is 3.08. The van der Waals surface area contributed by atoms with Gasteiger partial charge >= 0.3 is 5.97 Å². The van der Waals surface area contributed by atoms with Gasteiger partial charge in [0.1, 0.15) is 5.82 Å². The molecule has 0 saturated heterocycles. The number of rotatable bonds is 7. The van der Waals surface area contributed by atoms with E-state index < -0.39 is 30.2 Å². The molecule has 8 nitrogen and oxygen atoms in total. The lowest BCUT2D eigenvalue weighted by molar-refractivity contribution is -0.144. The number of hydrogen-bond donors (Lipinski definition) is 2. The van der Waals surface area contributed by atoms with Crippen LogP contribution in [-0.2, 0) is 20.9 Å². The first-order chi connectivity index (χ1) is 16.2. The van der Waals surface area contributed by atoms with Crippen LogP contribution in [0.4, 0.5) is 4.39 Å². The van der Waals surface area contributed by atoms with Crippen LogP contribution in [0.1, 0.15) is 38.4 Å². The van der Waals surface area contributed by atoms with E-state index in [1.807, 2.05) is 49.7 Å². The Balaban J connectivity index is 1.50. The van der Waals surface area contributed by atoms with Crippen LogP contribution in [0, 0.1) is 26.6 Å². The fraction of sp³-hybridized carbons (Fsp3) is 0.200. The van der Waals surface area contributed by atoms with Gasteiger partial charge in [-0.2, -0.15) is 5.10 Å². The first-order valence-electron chi connectivity index (χ1n) is 10.5. The summed E-state index contributed by atoms with van der Waals surface area (Å²) in [5.41, 5.74) is 8.61.